The SMILES string of the molecule is COc1cc(C2(O)CC2)c(C)c(Cl)c1OC. The van der Waals surface area contributed by atoms with Gasteiger partial charge in [-0.25, -0.2) is 0 Å². The van der Waals surface area contributed by atoms with Crippen LogP contribution in [0.5, 0.6) is 11.5 Å². The van der Waals surface area contributed by atoms with Gasteiger partial charge in [0, 0.05) is 0 Å². The van der Waals surface area contributed by atoms with E-state index in [1.165, 1.54) is 0 Å². The van der Waals surface area contributed by atoms with Crippen LogP contribution in [0.2, 0.25) is 5.02 Å². The number of rotatable bonds is 3. The highest BCUT2D eigenvalue weighted by atomic mass is 35.5. The van der Waals surface area contributed by atoms with Gasteiger partial charge in [0.2, 0.25) is 0 Å². The highest BCUT2D eigenvalue weighted by Gasteiger charge is 2.44. The third-order valence-corrected chi connectivity index (χ3v) is 3.54. The van der Waals surface area contributed by atoms with Gasteiger partial charge in [0.25, 0.3) is 0 Å². The molecule has 1 N–H and O–H groups in total. The second-order valence-corrected chi connectivity index (χ2v) is 4.51. The lowest BCUT2D eigenvalue weighted by Gasteiger charge is -2.18. The van der Waals surface area contributed by atoms with E-state index in [0.29, 0.717) is 16.5 Å². The van der Waals surface area contributed by atoms with E-state index in [9.17, 15) is 5.11 Å². The maximum Gasteiger partial charge on any atom is 0.179 e. The highest BCUT2D eigenvalue weighted by molar-refractivity contribution is 6.33. The Bertz CT molecular complexity index is 425. The topological polar surface area (TPSA) is 38.7 Å². The first-order valence-corrected chi connectivity index (χ1v) is 5.55. The van der Waals surface area contributed by atoms with Crippen LogP contribution >= 0.6 is 11.6 Å². The molecular formula is C12H15ClO3. The Labute approximate surface area is 99.9 Å². The van der Waals surface area contributed by atoms with Crippen LogP contribution in [0.3, 0.4) is 0 Å². The molecule has 1 aromatic carbocycles. The summed E-state index contributed by atoms with van der Waals surface area (Å²) in [5.74, 6) is 1.09. The standard InChI is InChI=1S/C12H15ClO3/c1-7-8(12(14)4-5-12)6-9(15-2)11(16-3)10(7)13/h6,14H,4-5H2,1-3H3. The number of ether oxygens (including phenoxy) is 2. The van der Waals surface area contributed by atoms with Gasteiger partial charge in [0.05, 0.1) is 24.8 Å². The Morgan fingerprint density at radius 1 is 1.31 bits per heavy atom. The second-order valence-electron chi connectivity index (χ2n) is 4.13. The number of hydrogen-bond donors (Lipinski definition) is 1. The summed E-state index contributed by atoms with van der Waals surface area (Å²) in [6.07, 6.45) is 1.55. The second kappa shape index (κ2) is 3.82. The molecule has 0 unspecified atom stereocenters. The van der Waals surface area contributed by atoms with Crippen LogP contribution < -0.4 is 9.47 Å². The molecule has 1 saturated carbocycles. The molecule has 0 bridgehead atoms. The number of methoxy groups -OCH3 is 2. The largest absolute Gasteiger partial charge is 0.493 e. The Morgan fingerprint density at radius 3 is 2.38 bits per heavy atom. The molecule has 88 valence electrons. The summed E-state index contributed by atoms with van der Waals surface area (Å²) in [5.41, 5.74) is 0.988. The van der Waals surface area contributed by atoms with Crippen molar-refractivity contribution in [3.05, 3.63) is 22.2 Å². The number of benzene rings is 1. The van der Waals surface area contributed by atoms with Crippen molar-refractivity contribution >= 4 is 11.6 Å². The fraction of sp³-hybridized carbons (Fsp3) is 0.500. The van der Waals surface area contributed by atoms with Gasteiger partial charge in [-0.3, -0.25) is 0 Å². The summed E-state index contributed by atoms with van der Waals surface area (Å²) in [5, 5.41) is 10.6. The van der Waals surface area contributed by atoms with Gasteiger partial charge < -0.3 is 14.6 Å². The van der Waals surface area contributed by atoms with E-state index in [1.54, 1.807) is 14.2 Å². The average molecular weight is 243 g/mol. The molecule has 0 aliphatic heterocycles. The number of aliphatic hydroxyl groups is 1. The van der Waals surface area contributed by atoms with E-state index in [1.807, 2.05) is 13.0 Å². The monoisotopic (exact) mass is 242 g/mol. The zero-order valence-electron chi connectivity index (χ0n) is 9.63. The van der Waals surface area contributed by atoms with E-state index < -0.39 is 5.60 Å². The maximum atomic E-state index is 10.1. The molecule has 0 atom stereocenters. The van der Waals surface area contributed by atoms with Crippen molar-refractivity contribution in [3.63, 3.8) is 0 Å². The Morgan fingerprint density at radius 2 is 1.94 bits per heavy atom. The fourth-order valence-corrected chi connectivity index (χ4v) is 2.19. The van der Waals surface area contributed by atoms with Crippen molar-refractivity contribution in [1.29, 1.82) is 0 Å². The first-order chi connectivity index (χ1) is 7.53. The van der Waals surface area contributed by atoms with Crippen LogP contribution in [0.25, 0.3) is 0 Å². The molecule has 1 aliphatic carbocycles. The molecule has 16 heavy (non-hydrogen) atoms. The summed E-state index contributed by atoms with van der Waals surface area (Å²) in [6.45, 7) is 1.88. The van der Waals surface area contributed by atoms with Crippen molar-refractivity contribution in [2.75, 3.05) is 14.2 Å². The highest BCUT2D eigenvalue weighted by Crippen LogP contribution is 2.51. The summed E-state index contributed by atoms with van der Waals surface area (Å²) in [4.78, 5) is 0. The van der Waals surface area contributed by atoms with E-state index >= 15 is 0 Å². The maximum absolute atomic E-state index is 10.1. The summed E-state index contributed by atoms with van der Waals surface area (Å²) >= 11 is 6.20. The smallest absolute Gasteiger partial charge is 0.179 e. The average Bonchev–Trinajstić information content (AvgIpc) is 3.01. The number of hydrogen-bond acceptors (Lipinski definition) is 3. The first-order valence-electron chi connectivity index (χ1n) is 5.17. The van der Waals surface area contributed by atoms with Crippen molar-refractivity contribution in [2.24, 2.45) is 0 Å². The van der Waals surface area contributed by atoms with E-state index in [2.05, 4.69) is 0 Å². The number of halogens is 1. The van der Waals surface area contributed by atoms with Gasteiger partial charge in [0.1, 0.15) is 0 Å². The summed E-state index contributed by atoms with van der Waals surface area (Å²) in [6, 6.07) is 1.81. The lowest BCUT2D eigenvalue weighted by molar-refractivity contribution is 0.150. The lowest BCUT2D eigenvalue weighted by Crippen LogP contribution is -2.08. The fourth-order valence-electron chi connectivity index (χ4n) is 1.91. The molecule has 0 amide bonds. The van der Waals surface area contributed by atoms with Crippen LogP contribution in [-0.2, 0) is 5.60 Å². The molecule has 0 saturated heterocycles. The molecule has 3 nitrogen and oxygen atoms in total. The molecule has 0 spiro atoms. The van der Waals surface area contributed by atoms with Gasteiger partial charge in [-0.15, -0.1) is 0 Å². The predicted octanol–water partition coefficient (Wildman–Crippen LogP) is 2.65. The summed E-state index contributed by atoms with van der Waals surface area (Å²) < 4.78 is 10.4. The molecule has 1 aliphatic rings. The third kappa shape index (κ3) is 1.64. The minimum atomic E-state index is -0.715. The Kier molecular flexibility index (Phi) is 2.76. The zero-order valence-corrected chi connectivity index (χ0v) is 10.4. The Hall–Kier alpha value is -0.930. The minimum Gasteiger partial charge on any atom is -0.493 e. The van der Waals surface area contributed by atoms with Crippen molar-refractivity contribution in [3.8, 4) is 11.5 Å². The van der Waals surface area contributed by atoms with Crippen molar-refractivity contribution < 1.29 is 14.6 Å². The van der Waals surface area contributed by atoms with Gasteiger partial charge in [-0.2, -0.15) is 0 Å². The van der Waals surface area contributed by atoms with Gasteiger partial charge in [-0.05, 0) is 37.0 Å². The Balaban J connectivity index is 2.60. The quantitative estimate of drug-likeness (QED) is 0.886. The van der Waals surface area contributed by atoms with Crippen molar-refractivity contribution in [1.82, 2.24) is 0 Å². The van der Waals surface area contributed by atoms with Crippen LogP contribution in [0, 0.1) is 6.92 Å². The molecule has 1 aromatic rings. The van der Waals surface area contributed by atoms with Gasteiger partial charge in [-0.1, -0.05) is 11.6 Å². The molecule has 4 heteroatoms. The lowest BCUT2D eigenvalue weighted by atomic mass is 10.0. The molecule has 0 aromatic heterocycles. The molecule has 0 radical (unpaired) electrons. The van der Waals surface area contributed by atoms with Gasteiger partial charge >= 0.3 is 0 Å². The molecule has 1 fully saturated rings. The minimum absolute atomic E-state index is 0.511. The van der Waals surface area contributed by atoms with Gasteiger partial charge in [0.15, 0.2) is 11.5 Å². The predicted molar refractivity (Wildman–Crippen MR) is 62.4 cm³/mol. The van der Waals surface area contributed by atoms with Crippen LogP contribution in [0.1, 0.15) is 24.0 Å². The normalized spacial score (nSPS) is 17.1. The van der Waals surface area contributed by atoms with E-state index in [0.717, 1.165) is 24.0 Å². The molecular weight excluding hydrogens is 228 g/mol. The van der Waals surface area contributed by atoms with E-state index in [4.69, 9.17) is 21.1 Å². The zero-order chi connectivity index (χ0) is 11.9. The van der Waals surface area contributed by atoms with Crippen LogP contribution in [-0.4, -0.2) is 19.3 Å². The molecule has 0 heterocycles. The van der Waals surface area contributed by atoms with Crippen LogP contribution in [0.4, 0.5) is 0 Å². The summed E-state index contributed by atoms with van der Waals surface area (Å²) in [7, 11) is 3.11. The van der Waals surface area contributed by atoms with Crippen molar-refractivity contribution in [2.45, 2.75) is 25.4 Å². The third-order valence-electron chi connectivity index (χ3n) is 3.08. The van der Waals surface area contributed by atoms with E-state index in [-0.39, 0.29) is 0 Å². The first kappa shape index (κ1) is 11.6. The van der Waals surface area contributed by atoms with Crippen LogP contribution in [0.15, 0.2) is 6.07 Å². The molecule has 2 rings (SSSR count).